The van der Waals surface area contributed by atoms with E-state index in [-0.39, 0.29) is 12.3 Å². The van der Waals surface area contributed by atoms with E-state index in [1.165, 1.54) is 11.3 Å². The molecule has 0 bridgehead atoms. The lowest BCUT2D eigenvalue weighted by atomic mass is 10.1. The Morgan fingerprint density at radius 1 is 1.25 bits per heavy atom. The highest BCUT2D eigenvalue weighted by Crippen LogP contribution is 2.36. The van der Waals surface area contributed by atoms with Crippen molar-refractivity contribution >= 4 is 38.3 Å². The number of rotatable bonds is 5. The zero-order chi connectivity index (χ0) is 19.5. The Balaban J connectivity index is 1.47. The third kappa shape index (κ3) is 3.98. The maximum absolute atomic E-state index is 12.5. The molecule has 0 saturated carbocycles. The molecule has 4 rings (SSSR count). The number of anilines is 1. The number of methoxy groups -OCH3 is 1. The molecular weight excluding hydrogens is 444 g/mol. The molecule has 0 unspecified atom stereocenters. The van der Waals surface area contributed by atoms with Crippen LogP contribution in [0.4, 0.5) is 5.13 Å². The minimum atomic E-state index is -0.154. The smallest absolute Gasteiger partial charge is 0.230 e. The molecule has 28 heavy (non-hydrogen) atoms. The summed E-state index contributed by atoms with van der Waals surface area (Å²) < 4.78 is 17.3. The van der Waals surface area contributed by atoms with Crippen LogP contribution in [0.1, 0.15) is 5.56 Å². The highest BCUT2D eigenvalue weighted by Gasteiger charge is 2.17. The third-order valence-corrected chi connectivity index (χ3v) is 5.69. The Morgan fingerprint density at radius 2 is 2.00 bits per heavy atom. The molecule has 2 heterocycles. The fourth-order valence-electron chi connectivity index (χ4n) is 2.89. The molecule has 1 amide bonds. The van der Waals surface area contributed by atoms with Gasteiger partial charge < -0.3 is 19.5 Å². The molecule has 2 aromatic carbocycles. The first-order valence-corrected chi connectivity index (χ1v) is 10.3. The number of para-hydroxylation sites is 1. The molecule has 3 aromatic rings. The van der Waals surface area contributed by atoms with Crippen LogP contribution in [0.3, 0.4) is 0 Å². The zero-order valence-corrected chi connectivity index (χ0v) is 17.4. The van der Waals surface area contributed by atoms with Gasteiger partial charge in [0.05, 0.1) is 19.2 Å². The number of fused-ring (bicyclic) bond motifs is 1. The van der Waals surface area contributed by atoms with Crippen molar-refractivity contribution in [1.29, 1.82) is 0 Å². The Hall–Kier alpha value is -2.58. The summed E-state index contributed by atoms with van der Waals surface area (Å²) >= 11 is 4.87. The van der Waals surface area contributed by atoms with Gasteiger partial charge in [-0.25, -0.2) is 4.98 Å². The molecule has 1 aliphatic rings. The number of nitrogens with zero attached hydrogens (tertiary/aromatic N) is 1. The largest absolute Gasteiger partial charge is 0.496 e. The van der Waals surface area contributed by atoms with E-state index in [1.54, 1.807) is 7.11 Å². The number of halogens is 1. The minimum absolute atomic E-state index is 0.154. The lowest BCUT2D eigenvalue weighted by molar-refractivity contribution is -0.115. The predicted molar refractivity (Wildman–Crippen MR) is 112 cm³/mol. The quantitative estimate of drug-likeness (QED) is 0.605. The Bertz CT molecular complexity index is 1020. The van der Waals surface area contributed by atoms with Crippen molar-refractivity contribution in [3.8, 4) is 28.5 Å². The number of thiazole rings is 1. The number of aromatic nitrogens is 1. The maximum Gasteiger partial charge on any atom is 0.230 e. The summed E-state index contributed by atoms with van der Waals surface area (Å²) in [5, 5.41) is 5.30. The van der Waals surface area contributed by atoms with E-state index in [1.807, 2.05) is 41.8 Å². The van der Waals surface area contributed by atoms with Crippen LogP contribution in [0.5, 0.6) is 17.2 Å². The van der Waals surface area contributed by atoms with Crippen LogP contribution in [0, 0.1) is 0 Å². The van der Waals surface area contributed by atoms with Gasteiger partial charge in [0.1, 0.15) is 19.0 Å². The van der Waals surface area contributed by atoms with Gasteiger partial charge in [-0.05, 0) is 29.8 Å². The van der Waals surface area contributed by atoms with Crippen LogP contribution in [-0.4, -0.2) is 31.2 Å². The normalized spacial score (nSPS) is 12.5. The fraction of sp³-hybridized carbons (Fsp3) is 0.200. The second-order valence-electron chi connectivity index (χ2n) is 6.05. The predicted octanol–water partition coefficient (Wildman–Crippen LogP) is 4.53. The van der Waals surface area contributed by atoms with Crippen molar-refractivity contribution in [3.05, 3.63) is 51.8 Å². The van der Waals surface area contributed by atoms with E-state index in [0.717, 1.165) is 27.0 Å². The molecule has 0 saturated heterocycles. The van der Waals surface area contributed by atoms with Crippen LogP contribution < -0.4 is 19.5 Å². The van der Waals surface area contributed by atoms with Crippen LogP contribution in [0.2, 0.25) is 0 Å². The maximum atomic E-state index is 12.5. The lowest BCUT2D eigenvalue weighted by Gasteiger charge is -2.19. The highest BCUT2D eigenvalue weighted by atomic mass is 79.9. The Kier molecular flexibility index (Phi) is 5.50. The van der Waals surface area contributed by atoms with E-state index >= 15 is 0 Å². The van der Waals surface area contributed by atoms with Crippen LogP contribution >= 0.6 is 27.3 Å². The Morgan fingerprint density at radius 3 is 2.79 bits per heavy atom. The number of nitrogens with one attached hydrogen (secondary N) is 1. The molecule has 144 valence electrons. The van der Waals surface area contributed by atoms with E-state index in [2.05, 4.69) is 26.2 Å². The van der Waals surface area contributed by atoms with Crippen molar-refractivity contribution < 1.29 is 19.0 Å². The number of carbonyl (C=O) groups is 1. The average Bonchev–Trinajstić information content (AvgIpc) is 3.16. The molecule has 0 radical (unpaired) electrons. The van der Waals surface area contributed by atoms with E-state index in [9.17, 15) is 4.79 Å². The number of amides is 1. The molecule has 6 nitrogen and oxygen atoms in total. The molecule has 8 heteroatoms. The number of hydrogen-bond acceptors (Lipinski definition) is 6. The second-order valence-corrected chi connectivity index (χ2v) is 7.76. The number of carbonyl (C=O) groups excluding carboxylic acids is 1. The van der Waals surface area contributed by atoms with Gasteiger partial charge in [0.25, 0.3) is 0 Å². The van der Waals surface area contributed by atoms with Crippen molar-refractivity contribution in [2.24, 2.45) is 0 Å². The van der Waals surface area contributed by atoms with Crippen molar-refractivity contribution in [3.63, 3.8) is 0 Å². The molecule has 1 aliphatic heterocycles. The number of ether oxygens (including phenoxy) is 3. The van der Waals surface area contributed by atoms with Crippen LogP contribution in [0.15, 0.2) is 46.3 Å². The zero-order valence-electron chi connectivity index (χ0n) is 15.0. The van der Waals surface area contributed by atoms with Gasteiger partial charge in [0, 0.05) is 15.4 Å². The first-order chi connectivity index (χ1) is 13.6. The summed E-state index contributed by atoms with van der Waals surface area (Å²) in [7, 11) is 1.62. The summed E-state index contributed by atoms with van der Waals surface area (Å²) in [6.45, 7) is 1.03. The molecular formula is C20H17BrN2O4S. The van der Waals surface area contributed by atoms with E-state index in [0.29, 0.717) is 29.8 Å². The Labute approximate surface area is 174 Å². The second kappa shape index (κ2) is 8.20. The number of benzene rings is 2. The van der Waals surface area contributed by atoms with E-state index in [4.69, 9.17) is 14.2 Å². The summed E-state index contributed by atoms with van der Waals surface area (Å²) in [6.07, 6.45) is 0.195. The first kappa shape index (κ1) is 18.8. The third-order valence-electron chi connectivity index (χ3n) is 4.20. The van der Waals surface area contributed by atoms with Crippen molar-refractivity contribution in [2.75, 3.05) is 25.6 Å². The van der Waals surface area contributed by atoms with Gasteiger partial charge in [-0.15, -0.1) is 11.3 Å². The molecule has 0 aliphatic carbocycles. The molecule has 1 aromatic heterocycles. The van der Waals surface area contributed by atoms with Gasteiger partial charge in [-0.2, -0.15) is 0 Å². The fourth-order valence-corrected chi connectivity index (χ4v) is 4.08. The lowest BCUT2D eigenvalue weighted by Crippen LogP contribution is -2.17. The van der Waals surface area contributed by atoms with Gasteiger partial charge >= 0.3 is 0 Å². The molecule has 1 N–H and O–H groups in total. The standard InChI is InChI=1S/C20H17BrN2O4S/c1-25-16-5-3-2-4-13(16)15-11-28-20(22-15)23-19(24)9-12-8-17-18(10-14(12)21)27-7-6-26-17/h2-5,8,10-11H,6-7,9H2,1H3,(H,22,23,24). The average molecular weight is 461 g/mol. The molecule has 0 spiro atoms. The van der Waals surface area contributed by atoms with Gasteiger partial charge in [0.2, 0.25) is 5.91 Å². The van der Waals surface area contributed by atoms with Crippen LogP contribution in [0.25, 0.3) is 11.3 Å². The van der Waals surface area contributed by atoms with E-state index < -0.39 is 0 Å². The first-order valence-electron chi connectivity index (χ1n) is 8.61. The van der Waals surface area contributed by atoms with Gasteiger partial charge in [0.15, 0.2) is 16.6 Å². The minimum Gasteiger partial charge on any atom is -0.496 e. The molecule has 0 fully saturated rings. The summed E-state index contributed by atoms with van der Waals surface area (Å²) in [5.74, 6) is 1.93. The highest BCUT2D eigenvalue weighted by molar-refractivity contribution is 9.10. The van der Waals surface area contributed by atoms with Crippen molar-refractivity contribution in [1.82, 2.24) is 4.98 Å². The summed E-state index contributed by atoms with van der Waals surface area (Å²) in [6, 6.07) is 11.3. The topological polar surface area (TPSA) is 69.7 Å². The monoisotopic (exact) mass is 460 g/mol. The van der Waals surface area contributed by atoms with Gasteiger partial charge in [-0.3, -0.25) is 4.79 Å². The summed E-state index contributed by atoms with van der Waals surface area (Å²) in [4.78, 5) is 17.0. The molecule has 0 atom stereocenters. The number of hydrogen-bond donors (Lipinski definition) is 1. The van der Waals surface area contributed by atoms with Gasteiger partial charge in [-0.1, -0.05) is 28.1 Å². The van der Waals surface area contributed by atoms with Crippen LogP contribution in [-0.2, 0) is 11.2 Å². The van der Waals surface area contributed by atoms with Crippen molar-refractivity contribution in [2.45, 2.75) is 6.42 Å². The SMILES string of the molecule is COc1ccccc1-c1csc(NC(=O)Cc2cc3c(cc2Br)OCCO3)n1. The summed E-state index contributed by atoms with van der Waals surface area (Å²) in [5.41, 5.74) is 2.47.